The van der Waals surface area contributed by atoms with Gasteiger partial charge < -0.3 is 9.88 Å². The standard InChI is InChI=1S/C25H26N2O2/c1-18-11-13-19(14-12-18)16-26-24(28)17-27-23-10-6-5-9-21(23)22(15-25(27)29)20-7-3-2-4-8-20/h2-4,7-8,11-15H,5-6,9-10,16-17H2,1H3,(H,26,28). The van der Waals surface area contributed by atoms with Crippen LogP contribution in [0, 0.1) is 6.92 Å². The van der Waals surface area contributed by atoms with E-state index in [1.165, 1.54) is 11.1 Å². The van der Waals surface area contributed by atoms with Crippen molar-refractivity contribution in [2.45, 2.75) is 45.7 Å². The molecule has 29 heavy (non-hydrogen) atoms. The molecule has 0 saturated carbocycles. The molecule has 4 nitrogen and oxygen atoms in total. The minimum atomic E-state index is -0.132. The van der Waals surface area contributed by atoms with Crippen LogP contribution >= 0.6 is 0 Å². The lowest BCUT2D eigenvalue weighted by Gasteiger charge is -2.24. The Morgan fingerprint density at radius 3 is 2.48 bits per heavy atom. The molecule has 0 radical (unpaired) electrons. The molecule has 1 amide bonds. The predicted molar refractivity (Wildman–Crippen MR) is 116 cm³/mol. The van der Waals surface area contributed by atoms with Gasteiger partial charge in [0.2, 0.25) is 5.91 Å². The van der Waals surface area contributed by atoms with E-state index in [1.54, 1.807) is 10.6 Å². The number of carbonyl (C=O) groups is 1. The van der Waals surface area contributed by atoms with Gasteiger partial charge in [-0.05, 0) is 54.9 Å². The van der Waals surface area contributed by atoms with Crippen LogP contribution in [0.3, 0.4) is 0 Å². The van der Waals surface area contributed by atoms with Gasteiger partial charge in [0, 0.05) is 18.3 Å². The Bertz CT molecular complexity index is 1070. The Morgan fingerprint density at radius 2 is 1.72 bits per heavy atom. The summed E-state index contributed by atoms with van der Waals surface area (Å²) in [6.45, 7) is 2.58. The topological polar surface area (TPSA) is 51.1 Å². The number of amides is 1. The number of benzene rings is 2. The molecule has 0 atom stereocenters. The molecule has 1 heterocycles. The number of aromatic nitrogens is 1. The summed E-state index contributed by atoms with van der Waals surface area (Å²) in [4.78, 5) is 25.5. The molecule has 1 aromatic heterocycles. The summed E-state index contributed by atoms with van der Waals surface area (Å²) in [6.07, 6.45) is 3.96. The highest BCUT2D eigenvalue weighted by molar-refractivity contribution is 5.76. The van der Waals surface area contributed by atoms with E-state index in [2.05, 4.69) is 5.32 Å². The van der Waals surface area contributed by atoms with Crippen molar-refractivity contribution < 1.29 is 4.79 Å². The number of nitrogens with zero attached hydrogens (tertiary/aromatic N) is 1. The Kier molecular flexibility index (Phi) is 5.61. The van der Waals surface area contributed by atoms with Gasteiger partial charge in [0.15, 0.2) is 0 Å². The van der Waals surface area contributed by atoms with Gasteiger partial charge >= 0.3 is 0 Å². The van der Waals surface area contributed by atoms with Crippen molar-refractivity contribution >= 4 is 5.91 Å². The molecular weight excluding hydrogens is 360 g/mol. The molecule has 0 bridgehead atoms. The van der Waals surface area contributed by atoms with Crippen LogP contribution in [0.5, 0.6) is 0 Å². The zero-order chi connectivity index (χ0) is 20.2. The number of rotatable bonds is 5. The van der Waals surface area contributed by atoms with Crippen LogP contribution in [0.1, 0.15) is 35.2 Å². The van der Waals surface area contributed by atoms with Crippen LogP contribution in [0.4, 0.5) is 0 Å². The number of hydrogen-bond acceptors (Lipinski definition) is 2. The fourth-order valence-corrected chi connectivity index (χ4v) is 4.05. The zero-order valence-corrected chi connectivity index (χ0v) is 16.8. The molecular formula is C25H26N2O2. The van der Waals surface area contributed by atoms with E-state index in [9.17, 15) is 9.59 Å². The first-order valence-electron chi connectivity index (χ1n) is 10.2. The third-order valence-corrected chi connectivity index (χ3v) is 5.62. The minimum absolute atomic E-state index is 0.0715. The molecule has 4 rings (SSSR count). The SMILES string of the molecule is Cc1ccc(CNC(=O)Cn2c3c(c(-c4ccccc4)cc2=O)CCCC3)cc1. The Labute approximate surface area is 171 Å². The second-order valence-corrected chi connectivity index (χ2v) is 7.74. The van der Waals surface area contributed by atoms with E-state index in [0.717, 1.165) is 48.1 Å². The monoisotopic (exact) mass is 386 g/mol. The second kappa shape index (κ2) is 8.48. The lowest BCUT2D eigenvalue weighted by atomic mass is 9.89. The number of aryl methyl sites for hydroxylation is 1. The highest BCUT2D eigenvalue weighted by Crippen LogP contribution is 2.30. The smallest absolute Gasteiger partial charge is 0.251 e. The van der Waals surface area contributed by atoms with Crippen molar-refractivity contribution in [3.05, 3.63) is 93.4 Å². The van der Waals surface area contributed by atoms with Crippen molar-refractivity contribution in [1.29, 1.82) is 0 Å². The van der Waals surface area contributed by atoms with Crippen LogP contribution in [0.25, 0.3) is 11.1 Å². The van der Waals surface area contributed by atoms with Gasteiger partial charge in [0.05, 0.1) is 0 Å². The molecule has 0 fully saturated rings. The third-order valence-electron chi connectivity index (χ3n) is 5.62. The average Bonchev–Trinajstić information content (AvgIpc) is 2.76. The highest BCUT2D eigenvalue weighted by atomic mass is 16.2. The molecule has 1 aliphatic rings. The number of carbonyl (C=O) groups excluding carboxylic acids is 1. The molecule has 1 aliphatic carbocycles. The second-order valence-electron chi connectivity index (χ2n) is 7.74. The van der Waals surface area contributed by atoms with Crippen LogP contribution in [0.2, 0.25) is 0 Å². The quantitative estimate of drug-likeness (QED) is 0.720. The highest BCUT2D eigenvalue weighted by Gasteiger charge is 2.20. The van der Waals surface area contributed by atoms with E-state index < -0.39 is 0 Å². The van der Waals surface area contributed by atoms with Crippen LogP contribution in [0.15, 0.2) is 65.5 Å². The van der Waals surface area contributed by atoms with Crippen molar-refractivity contribution in [3.8, 4) is 11.1 Å². The lowest BCUT2D eigenvalue weighted by Crippen LogP contribution is -2.35. The molecule has 0 unspecified atom stereocenters. The number of hydrogen-bond donors (Lipinski definition) is 1. The van der Waals surface area contributed by atoms with Gasteiger partial charge in [0.25, 0.3) is 5.56 Å². The fraction of sp³-hybridized carbons (Fsp3) is 0.280. The molecule has 3 aromatic rings. The van der Waals surface area contributed by atoms with Crippen LogP contribution in [-0.4, -0.2) is 10.5 Å². The maximum atomic E-state index is 12.9. The molecule has 2 aromatic carbocycles. The van der Waals surface area contributed by atoms with Crippen LogP contribution in [-0.2, 0) is 30.7 Å². The molecule has 1 N–H and O–H groups in total. The summed E-state index contributed by atoms with van der Waals surface area (Å²) < 4.78 is 1.67. The Hall–Kier alpha value is -3.14. The van der Waals surface area contributed by atoms with Crippen molar-refractivity contribution in [2.24, 2.45) is 0 Å². The first kappa shape index (κ1) is 19.2. The van der Waals surface area contributed by atoms with E-state index in [0.29, 0.717) is 6.54 Å². The minimum Gasteiger partial charge on any atom is -0.350 e. The van der Waals surface area contributed by atoms with E-state index in [4.69, 9.17) is 0 Å². The van der Waals surface area contributed by atoms with Crippen molar-refractivity contribution in [3.63, 3.8) is 0 Å². The van der Waals surface area contributed by atoms with Gasteiger partial charge in [-0.3, -0.25) is 9.59 Å². The van der Waals surface area contributed by atoms with E-state index in [1.807, 2.05) is 61.5 Å². The van der Waals surface area contributed by atoms with Gasteiger partial charge in [0.1, 0.15) is 6.54 Å². The third kappa shape index (κ3) is 4.32. The van der Waals surface area contributed by atoms with E-state index in [-0.39, 0.29) is 18.0 Å². The molecule has 0 aliphatic heterocycles. The largest absolute Gasteiger partial charge is 0.350 e. The van der Waals surface area contributed by atoms with E-state index >= 15 is 0 Å². The van der Waals surface area contributed by atoms with Crippen molar-refractivity contribution in [2.75, 3.05) is 0 Å². The number of nitrogens with one attached hydrogen (secondary N) is 1. The molecule has 148 valence electrons. The first-order chi connectivity index (χ1) is 14.1. The summed E-state index contributed by atoms with van der Waals surface area (Å²) in [5.74, 6) is -0.132. The maximum Gasteiger partial charge on any atom is 0.251 e. The number of pyridine rings is 1. The Balaban J connectivity index is 1.58. The predicted octanol–water partition coefficient (Wildman–Crippen LogP) is 4.02. The Morgan fingerprint density at radius 1 is 1.00 bits per heavy atom. The summed E-state index contributed by atoms with van der Waals surface area (Å²) in [7, 11) is 0. The summed E-state index contributed by atoms with van der Waals surface area (Å²) in [6, 6.07) is 19.8. The fourth-order valence-electron chi connectivity index (χ4n) is 4.05. The molecule has 4 heteroatoms. The van der Waals surface area contributed by atoms with Gasteiger partial charge in [-0.1, -0.05) is 60.2 Å². The van der Waals surface area contributed by atoms with Gasteiger partial charge in [-0.2, -0.15) is 0 Å². The van der Waals surface area contributed by atoms with Gasteiger partial charge in [-0.25, -0.2) is 0 Å². The lowest BCUT2D eigenvalue weighted by molar-refractivity contribution is -0.121. The van der Waals surface area contributed by atoms with Crippen LogP contribution < -0.4 is 10.9 Å². The molecule has 0 spiro atoms. The maximum absolute atomic E-state index is 12.9. The molecule has 0 saturated heterocycles. The van der Waals surface area contributed by atoms with Crippen molar-refractivity contribution in [1.82, 2.24) is 9.88 Å². The summed E-state index contributed by atoms with van der Waals surface area (Å²) >= 11 is 0. The normalized spacial score (nSPS) is 13.0. The zero-order valence-electron chi connectivity index (χ0n) is 16.8. The first-order valence-corrected chi connectivity index (χ1v) is 10.2. The van der Waals surface area contributed by atoms with Gasteiger partial charge in [-0.15, -0.1) is 0 Å². The summed E-state index contributed by atoms with van der Waals surface area (Å²) in [5.41, 5.74) is 6.46. The summed E-state index contributed by atoms with van der Waals surface area (Å²) in [5, 5.41) is 2.95. The average molecular weight is 386 g/mol. The number of fused-ring (bicyclic) bond motifs is 1.